The Morgan fingerprint density at radius 3 is 2.06 bits per heavy atom. The Labute approximate surface area is 233 Å². The number of hydrogen-bond acceptors (Lipinski definition) is 3. The minimum Gasteiger partial charge on any atom is -0.388 e. The van der Waals surface area contributed by atoms with E-state index >= 15 is 0 Å². The SMILES string of the molecule is C=C(Nc1cc(C(=O)Nc2ccc(NC)cc2)c(Cl)cc1Cl)C1C(c2cc(Cl)cc(Cl)c2)C1(Cl)Cl. The standard InChI is InChI=1S/C25H19Cl6N3O/c1-12(22-23(25(22,30)31)13-7-14(26)9-15(27)8-13)33-21-10-18(19(28)11-20(21)29)24(35)34-17-5-3-16(32-2)4-6-17/h3-11,22-23,32-33H,1H2,2H3,(H,34,35). The first kappa shape index (κ1) is 26.3. The molecule has 0 aromatic heterocycles. The van der Waals surface area contributed by atoms with Gasteiger partial charge in [-0.25, -0.2) is 0 Å². The summed E-state index contributed by atoms with van der Waals surface area (Å²) in [7, 11) is 1.82. The first-order valence-electron chi connectivity index (χ1n) is 10.4. The van der Waals surface area contributed by atoms with E-state index in [1.165, 1.54) is 6.07 Å². The predicted molar refractivity (Wildman–Crippen MR) is 150 cm³/mol. The third-order valence-electron chi connectivity index (χ3n) is 5.70. The lowest BCUT2D eigenvalue weighted by Gasteiger charge is -2.15. The minimum atomic E-state index is -1.11. The van der Waals surface area contributed by atoms with Gasteiger partial charge in [-0.2, -0.15) is 0 Å². The normalized spacial score (nSPS) is 18.0. The molecule has 2 atom stereocenters. The van der Waals surface area contributed by atoms with E-state index in [-0.39, 0.29) is 28.3 Å². The Balaban J connectivity index is 1.53. The molecule has 182 valence electrons. The van der Waals surface area contributed by atoms with Crippen molar-refractivity contribution in [2.24, 2.45) is 5.92 Å². The maximum Gasteiger partial charge on any atom is 0.257 e. The van der Waals surface area contributed by atoms with Crippen LogP contribution < -0.4 is 16.0 Å². The number of amides is 1. The van der Waals surface area contributed by atoms with Crippen LogP contribution in [0.25, 0.3) is 0 Å². The van der Waals surface area contributed by atoms with Crippen LogP contribution in [-0.4, -0.2) is 17.3 Å². The van der Waals surface area contributed by atoms with Gasteiger partial charge in [-0.15, -0.1) is 23.2 Å². The summed E-state index contributed by atoms with van der Waals surface area (Å²) in [5.41, 5.74) is 3.54. The fourth-order valence-electron chi connectivity index (χ4n) is 3.92. The quantitative estimate of drug-likeness (QED) is 0.241. The van der Waals surface area contributed by atoms with Gasteiger partial charge in [0, 0.05) is 46.0 Å². The third-order valence-corrected chi connectivity index (χ3v) is 7.70. The molecule has 35 heavy (non-hydrogen) atoms. The van der Waals surface area contributed by atoms with Gasteiger partial charge in [0.05, 0.1) is 21.3 Å². The Morgan fingerprint density at radius 2 is 1.46 bits per heavy atom. The van der Waals surface area contributed by atoms with Crippen molar-refractivity contribution in [3.8, 4) is 0 Å². The molecule has 10 heteroatoms. The summed E-state index contributed by atoms with van der Waals surface area (Å²) in [5.74, 6) is -1.02. The van der Waals surface area contributed by atoms with Crippen LogP contribution in [0.15, 0.2) is 66.9 Å². The lowest BCUT2D eigenvalue weighted by molar-refractivity contribution is 0.102. The van der Waals surface area contributed by atoms with Gasteiger partial charge in [0.25, 0.3) is 5.91 Å². The summed E-state index contributed by atoms with van der Waals surface area (Å²) in [4.78, 5) is 12.9. The smallest absolute Gasteiger partial charge is 0.257 e. The number of benzene rings is 3. The molecule has 3 aromatic rings. The van der Waals surface area contributed by atoms with Crippen molar-refractivity contribution in [2.45, 2.75) is 10.3 Å². The van der Waals surface area contributed by atoms with Gasteiger partial charge in [0.2, 0.25) is 0 Å². The van der Waals surface area contributed by atoms with Crippen molar-refractivity contribution < 1.29 is 4.79 Å². The molecule has 0 aliphatic heterocycles. The molecule has 1 aliphatic carbocycles. The highest BCUT2D eigenvalue weighted by atomic mass is 35.5. The van der Waals surface area contributed by atoms with Gasteiger partial charge in [-0.05, 0) is 60.2 Å². The van der Waals surface area contributed by atoms with E-state index in [2.05, 4.69) is 22.5 Å². The summed E-state index contributed by atoms with van der Waals surface area (Å²) >= 11 is 38.2. The molecule has 0 saturated heterocycles. The molecule has 0 radical (unpaired) electrons. The Bertz CT molecular complexity index is 1290. The van der Waals surface area contributed by atoms with E-state index in [1.807, 2.05) is 19.2 Å². The van der Waals surface area contributed by atoms with Gasteiger partial charge >= 0.3 is 0 Å². The summed E-state index contributed by atoms with van der Waals surface area (Å²) in [6.07, 6.45) is 0. The number of rotatable bonds is 7. The molecule has 1 aliphatic rings. The Kier molecular flexibility index (Phi) is 7.73. The van der Waals surface area contributed by atoms with E-state index in [4.69, 9.17) is 69.6 Å². The van der Waals surface area contributed by atoms with E-state index in [0.29, 0.717) is 32.1 Å². The molecule has 0 bridgehead atoms. The third kappa shape index (κ3) is 5.64. The van der Waals surface area contributed by atoms with Crippen LogP contribution in [0.2, 0.25) is 20.1 Å². The number of carbonyl (C=O) groups is 1. The second-order valence-corrected chi connectivity index (χ2v) is 11.2. The number of carbonyl (C=O) groups excluding carboxylic acids is 1. The summed E-state index contributed by atoms with van der Waals surface area (Å²) in [6.45, 7) is 4.11. The molecular weight excluding hydrogens is 571 g/mol. The van der Waals surface area contributed by atoms with E-state index < -0.39 is 4.33 Å². The van der Waals surface area contributed by atoms with Gasteiger partial charge in [-0.1, -0.05) is 53.0 Å². The van der Waals surface area contributed by atoms with Crippen LogP contribution in [-0.2, 0) is 0 Å². The predicted octanol–water partition coefficient (Wildman–Crippen LogP) is 9.11. The highest BCUT2D eigenvalue weighted by Crippen LogP contribution is 2.67. The molecule has 3 N–H and O–H groups in total. The van der Waals surface area contributed by atoms with Crippen molar-refractivity contribution in [3.05, 3.63) is 98.1 Å². The summed E-state index contributed by atoms with van der Waals surface area (Å²) in [5, 5.41) is 10.5. The average Bonchev–Trinajstić information content (AvgIpc) is 3.37. The Hall–Kier alpha value is -1.79. The number of hydrogen-bond donors (Lipinski definition) is 3. The molecule has 3 aromatic carbocycles. The summed E-state index contributed by atoms with van der Waals surface area (Å²) in [6, 6.07) is 15.5. The topological polar surface area (TPSA) is 53.2 Å². The number of alkyl halides is 2. The number of allylic oxidation sites excluding steroid dienone is 1. The lowest BCUT2D eigenvalue weighted by Crippen LogP contribution is -2.13. The first-order chi connectivity index (χ1) is 16.5. The van der Waals surface area contributed by atoms with Gasteiger partial charge in [-0.3, -0.25) is 4.79 Å². The van der Waals surface area contributed by atoms with Crippen LogP contribution >= 0.6 is 69.6 Å². The number of halogens is 6. The Morgan fingerprint density at radius 1 is 0.857 bits per heavy atom. The zero-order valence-electron chi connectivity index (χ0n) is 18.2. The van der Waals surface area contributed by atoms with Gasteiger partial charge in [0.15, 0.2) is 0 Å². The maximum atomic E-state index is 12.9. The summed E-state index contributed by atoms with van der Waals surface area (Å²) < 4.78 is -1.11. The van der Waals surface area contributed by atoms with Crippen LogP contribution in [0.1, 0.15) is 21.8 Å². The number of anilines is 3. The van der Waals surface area contributed by atoms with Crippen molar-refractivity contribution in [3.63, 3.8) is 0 Å². The van der Waals surface area contributed by atoms with Crippen molar-refractivity contribution in [1.29, 1.82) is 0 Å². The van der Waals surface area contributed by atoms with Crippen LogP contribution in [0.5, 0.6) is 0 Å². The van der Waals surface area contributed by atoms with Crippen LogP contribution in [0.3, 0.4) is 0 Å². The van der Waals surface area contributed by atoms with Gasteiger partial charge < -0.3 is 16.0 Å². The van der Waals surface area contributed by atoms with Crippen molar-refractivity contribution in [1.82, 2.24) is 0 Å². The fourth-order valence-corrected chi connectivity index (χ4v) is 5.87. The van der Waals surface area contributed by atoms with Crippen molar-refractivity contribution >= 4 is 92.6 Å². The molecule has 0 spiro atoms. The van der Waals surface area contributed by atoms with E-state index in [0.717, 1.165) is 11.3 Å². The van der Waals surface area contributed by atoms with Gasteiger partial charge in [0.1, 0.15) is 4.33 Å². The van der Waals surface area contributed by atoms with E-state index in [9.17, 15) is 4.79 Å². The molecular formula is C25H19Cl6N3O. The number of nitrogens with one attached hydrogen (secondary N) is 3. The molecule has 1 fully saturated rings. The highest BCUT2D eigenvalue weighted by molar-refractivity contribution is 6.52. The molecule has 2 unspecified atom stereocenters. The molecule has 4 nitrogen and oxygen atoms in total. The van der Waals surface area contributed by atoms with Crippen LogP contribution in [0.4, 0.5) is 17.1 Å². The zero-order chi connectivity index (χ0) is 25.5. The maximum absolute atomic E-state index is 12.9. The molecule has 4 rings (SSSR count). The second-order valence-electron chi connectivity index (χ2n) is 8.08. The first-order valence-corrected chi connectivity index (χ1v) is 12.7. The minimum absolute atomic E-state index is 0.206. The van der Waals surface area contributed by atoms with Crippen LogP contribution in [0, 0.1) is 5.92 Å². The second kappa shape index (κ2) is 10.3. The monoisotopic (exact) mass is 587 g/mol. The highest BCUT2D eigenvalue weighted by Gasteiger charge is 2.65. The fraction of sp³-hybridized carbons (Fsp3) is 0.160. The average molecular weight is 590 g/mol. The van der Waals surface area contributed by atoms with E-state index in [1.54, 1.807) is 36.4 Å². The van der Waals surface area contributed by atoms with Crippen molar-refractivity contribution in [2.75, 3.05) is 23.0 Å². The lowest BCUT2D eigenvalue weighted by atomic mass is 10.1. The molecule has 1 saturated carbocycles. The molecule has 0 heterocycles. The largest absolute Gasteiger partial charge is 0.388 e. The molecule has 1 amide bonds. The zero-order valence-corrected chi connectivity index (χ0v) is 22.8.